The summed E-state index contributed by atoms with van der Waals surface area (Å²) in [5, 5.41) is 0. The van der Waals surface area contributed by atoms with Gasteiger partial charge in [0, 0.05) is 19.3 Å². The summed E-state index contributed by atoms with van der Waals surface area (Å²) in [6, 6.07) is 0. The molecule has 6 nitrogen and oxygen atoms in total. The first-order valence-electron chi connectivity index (χ1n) is 19.9. The Morgan fingerprint density at radius 3 is 1.07 bits per heavy atom. The Morgan fingerprint density at radius 2 is 0.717 bits per heavy atom. The molecule has 0 fully saturated rings. The van der Waals surface area contributed by atoms with E-state index < -0.39 is 6.10 Å². The Hall–Kier alpha value is -1.59. The molecule has 0 aliphatic rings. The van der Waals surface area contributed by atoms with Crippen molar-refractivity contribution in [2.24, 2.45) is 5.92 Å². The summed E-state index contributed by atoms with van der Waals surface area (Å²) in [5.74, 6) is -0.0972. The number of hydrogen-bond donors (Lipinski definition) is 0. The summed E-state index contributed by atoms with van der Waals surface area (Å²) in [5.41, 5.74) is 0. The molecule has 0 spiro atoms. The van der Waals surface area contributed by atoms with Gasteiger partial charge in [0.05, 0.1) is 0 Å². The molecule has 0 aliphatic carbocycles. The molecule has 0 bridgehead atoms. The van der Waals surface area contributed by atoms with E-state index in [-0.39, 0.29) is 31.1 Å². The Labute approximate surface area is 285 Å². The van der Waals surface area contributed by atoms with Crippen LogP contribution >= 0.6 is 0 Å². The summed E-state index contributed by atoms with van der Waals surface area (Å²) in [6.07, 6.45) is 31.2. The Kier molecular flexibility index (Phi) is 33.5. The number of hydrogen-bond acceptors (Lipinski definition) is 6. The van der Waals surface area contributed by atoms with Crippen molar-refractivity contribution in [1.82, 2.24) is 0 Å². The predicted octanol–water partition coefficient (Wildman–Crippen LogP) is 12.0. The zero-order valence-corrected chi connectivity index (χ0v) is 31.0. The molecule has 1 atom stereocenters. The minimum atomic E-state index is -0.756. The third-order valence-corrected chi connectivity index (χ3v) is 8.79. The summed E-state index contributed by atoms with van der Waals surface area (Å²) in [7, 11) is 0. The molecule has 0 aromatic heterocycles. The van der Waals surface area contributed by atoms with Crippen molar-refractivity contribution in [3.8, 4) is 0 Å². The largest absolute Gasteiger partial charge is 0.462 e. The summed E-state index contributed by atoms with van der Waals surface area (Å²) >= 11 is 0. The van der Waals surface area contributed by atoms with Crippen LogP contribution in [0.15, 0.2) is 0 Å². The fraction of sp³-hybridized carbons (Fsp3) is 0.925. The van der Waals surface area contributed by atoms with Gasteiger partial charge in [-0.05, 0) is 25.2 Å². The van der Waals surface area contributed by atoms with Crippen LogP contribution in [0.25, 0.3) is 0 Å². The molecule has 0 aromatic rings. The highest BCUT2D eigenvalue weighted by atomic mass is 16.6. The first kappa shape index (κ1) is 44.4. The van der Waals surface area contributed by atoms with Crippen LogP contribution in [0, 0.1) is 5.92 Å². The fourth-order valence-corrected chi connectivity index (χ4v) is 5.74. The lowest BCUT2D eigenvalue weighted by Gasteiger charge is -2.18. The van der Waals surface area contributed by atoms with E-state index in [2.05, 4.69) is 27.7 Å². The van der Waals surface area contributed by atoms with E-state index in [0.717, 1.165) is 70.1 Å². The molecule has 6 heteroatoms. The van der Waals surface area contributed by atoms with Gasteiger partial charge in [-0.15, -0.1) is 0 Å². The van der Waals surface area contributed by atoms with Crippen LogP contribution in [0.3, 0.4) is 0 Å². The number of esters is 3. The zero-order chi connectivity index (χ0) is 33.9. The second kappa shape index (κ2) is 34.7. The summed E-state index contributed by atoms with van der Waals surface area (Å²) < 4.78 is 16.5. The van der Waals surface area contributed by atoms with E-state index in [9.17, 15) is 14.4 Å². The lowest BCUT2D eigenvalue weighted by Crippen LogP contribution is -2.30. The molecular weight excluding hydrogens is 576 g/mol. The SMILES string of the molecule is CCCCCCCCCCCCCCCC(=O)O[C@H](COC(=O)CCCCCCC)COC(=O)CCCCCCCCCC(C)C. The van der Waals surface area contributed by atoms with E-state index >= 15 is 0 Å². The summed E-state index contributed by atoms with van der Waals surface area (Å²) in [4.78, 5) is 37.2. The standard InChI is InChI=1S/C40H76O6/c1-5-7-9-11-12-13-14-15-16-17-20-25-29-33-40(43)46-37(34-44-38(41)31-27-22-10-8-6-2)35-45-39(42)32-28-24-21-18-19-23-26-30-36(3)4/h36-37H,5-35H2,1-4H3/t37-/m1/s1. The quantitative estimate of drug-likeness (QED) is 0.0385. The van der Waals surface area contributed by atoms with Crippen molar-refractivity contribution in [3.63, 3.8) is 0 Å². The topological polar surface area (TPSA) is 78.9 Å². The molecule has 272 valence electrons. The molecule has 0 aliphatic heterocycles. The van der Waals surface area contributed by atoms with Crippen molar-refractivity contribution in [2.75, 3.05) is 13.2 Å². The number of unbranched alkanes of at least 4 members (excludes halogenated alkanes) is 22. The highest BCUT2D eigenvalue weighted by Crippen LogP contribution is 2.15. The highest BCUT2D eigenvalue weighted by molar-refractivity contribution is 5.71. The first-order chi connectivity index (χ1) is 22.4. The smallest absolute Gasteiger partial charge is 0.306 e. The fourth-order valence-electron chi connectivity index (χ4n) is 5.74. The molecule has 0 saturated carbocycles. The number of carbonyl (C=O) groups is 3. The van der Waals surface area contributed by atoms with E-state index in [1.165, 1.54) is 103 Å². The third-order valence-electron chi connectivity index (χ3n) is 8.79. The summed E-state index contributed by atoms with van der Waals surface area (Å²) in [6.45, 7) is 8.84. The first-order valence-corrected chi connectivity index (χ1v) is 19.9. The minimum Gasteiger partial charge on any atom is -0.462 e. The molecule has 0 amide bonds. The van der Waals surface area contributed by atoms with Gasteiger partial charge in [-0.2, -0.15) is 0 Å². The van der Waals surface area contributed by atoms with Crippen LogP contribution < -0.4 is 0 Å². The van der Waals surface area contributed by atoms with Crippen molar-refractivity contribution in [3.05, 3.63) is 0 Å². The monoisotopic (exact) mass is 653 g/mol. The molecule has 0 rings (SSSR count). The normalized spacial score (nSPS) is 11.9. The van der Waals surface area contributed by atoms with Gasteiger partial charge < -0.3 is 14.2 Å². The Bertz CT molecular complexity index is 691. The predicted molar refractivity (Wildman–Crippen MR) is 192 cm³/mol. The van der Waals surface area contributed by atoms with Crippen LogP contribution in [-0.4, -0.2) is 37.2 Å². The van der Waals surface area contributed by atoms with Gasteiger partial charge in [0.15, 0.2) is 6.10 Å². The van der Waals surface area contributed by atoms with Gasteiger partial charge in [0.25, 0.3) is 0 Å². The lowest BCUT2D eigenvalue weighted by molar-refractivity contribution is -0.167. The molecule has 0 heterocycles. The van der Waals surface area contributed by atoms with Crippen molar-refractivity contribution < 1.29 is 28.6 Å². The maximum absolute atomic E-state index is 12.6. The van der Waals surface area contributed by atoms with Gasteiger partial charge >= 0.3 is 17.9 Å². The van der Waals surface area contributed by atoms with E-state index in [1.54, 1.807) is 0 Å². The van der Waals surface area contributed by atoms with Gasteiger partial charge in [-0.1, -0.05) is 175 Å². The molecule has 0 unspecified atom stereocenters. The average Bonchev–Trinajstić information content (AvgIpc) is 3.03. The van der Waals surface area contributed by atoms with Gasteiger partial charge in [-0.25, -0.2) is 0 Å². The second-order valence-electron chi connectivity index (χ2n) is 14.0. The maximum atomic E-state index is 12.6. The molecule has 0 N–H and O–H groups in total. The molecular formula is C40H76O6. The van der Waals surface area contributed by atoms with Crippen molar-refractivity contribution in [1.29, 1.82) is 0 Å². The number of ether oxygens (including phenoxy) is 3. The number of rotatable bonds is 35. The van der Waals surface area contributed by atoms with E-state index in [1.807, 2.05) is 0 Å². The second-order valence-corrected chi connectivity index (χ2v) is 14.0. The Morgan fingerprint density at radius 1 is 0.413 bits per heavy atom. The van der Waals surface area contributed by atoms with Crippen molar-refractivity contribution in [2.45, 2.75) is 220 Å². The van der Waals surface area contributed by atoms with E-state index in [0.29, 0.717) is 19.3 Å². The van der Waals surface area contributed by atoms with Gasteiger partial charge in [0.2, 0.25) is 0 Å². The van der Waals surface area contributed by atoms with Crippen LogP contribution in [0.4, 0.5) is 0 Å². The van der Waals surface area contributed by atoms with Crippen molar-refractivity contribution >= 4 is 17.9 Å². The lowest BCUT2D eigenvalue weighted by atomic mass is 10.0. The van der Waals surface area contributed by atoms with Crippen LogP contribution in [0.5, 0.6) is 0 Å². The van der Waals surface area contributed by atoms with Gasteiger partial charge in [-0.3, -0.25) is 14.4 Å². The molecule has 0 saturated heterocycles. The third kappa shape index (κ3) is 33.8. The van der Waals surface area contributed by atoms with E-state index in [4.69, 9.17) is 14.2 Å². The van der Waals surface area contributed by atoms with Gasteiger partial charge in [0.1, 0.15) is 13.2 Å². The Balaban J connectivity index is 4.26. The molecule has 0 radical (unpaired) electrons. The molecule has 46 heavy (non-hydrogen) atoms. The maximum Gasteiger partial charge on any atom is 0.306 e. The number of carbonyl (C=O) groups excluding carboxylic acids is 3. The minimum absolute atomic E-state index is 0.0667. The van der Waals surface area contributed by atoms with Crippen LogP contribution in [0.1, 0.15) is 214 Å². The highest BCUT2D eigenvalue weighted by Gasteiger charge is 2.19. The average molecular weight is 653 g/mol. The molecule has 0 aromatic carbocycles. The van der Waals surface area contributed by atoms with Crippen LogP contribution in [0.2, 0.25) is 0 Å². The van der Waals surface area contributed by atoms with Crippen LogP contribution in [-0.2, 0) is 28.6 Å². The zero-order valence-electron chi connectivity index (χ0n) is 31.0.